The molecule has 0 nitrogen and oxygen atoms in total. The average molecular weight is 196 g/mol. The van der Waals surface area contributed by atoms with Crippen LogP contribution < -0.4 is 0 Å². The zero-order valence-corrected chi connectivity index (χ0v) is 8.95. The van der Waals surface area contributed by atoms with E-state index in [-0.39, 0.29) is 0 Å². The van der Waals surface area contributed by atoms with Gasteiger partial charge in [0.1, 0.15) is 0 Å². The first-order chi connectivity index (χ1) is 7.42. The Hall–Kier alpha value is -1.56. The van der Waals surface area contributed by atoms with Crippen LogP contribution in [0.3, 0.4) is 0 Å². The minimum Gasteiger partial charge on any atom is -0.103 e. The molecule has 0 aromatic heterocycles. The van der Waals surface area contributed by atoms with Crippen LogP contribution in [0.2, 0.25) is 0 Å². The van der Waals surface area contributed by atoms with Crippen molar-refractivity contribution in [3.63, 3.8) is 0 Å². The van der Waals surface area contributed by atoms with Gasteiger partial charge in [0.2, 0.25) is 0 Å². The van der Waals surface area contributed by atoms with Gasteiger partial charge in [-0.25, -0.2) is 0 Å². The SMILES string of the molecule is C=CCC1=C(c2ccccc2)CCC=C1. The van der Waals surface area contributed by atoms with Crippen LogP contribution in [0.4, 0.5) is 0 Å². The molecule has 76 valence electrons. The smallest absolute Gasteiger partial charge is 0.00973 e. The predicted molar refractivity (Wildman–Crippen MR) is 66.6 cm³/mol. The molecular weight excluding hydrogens is 180 g/mol. The standard InChI is InChI=1S/C15H16/c1-2-8-13-11-6-7-12-15(13)14-9-4-3-5-10-14/h2-6,9-11H,1,7-8,12H2. The molecule has 0 unspecified atom stereocenters. The van der Waals surface area contributed by atoms with E-state index >= 15 is 0 Å². The lowest BCUT2D eigenvalue weighted by atomic mass is 9.90. The third-order valence-corrected chi connectivity index (χ3v) is 2.75. The summed E-state index contributed by atoms with van der Waals surface area (Å²) in [6.45, 7) is 3.81. The monoisotopic (exact) mass is 196 g/mol. The molecule has 0 saturated heterocycles. The average Bonchev–Trinajstić information content (AvgIpc) is 2.31. The minimum atomic E-state index is 0.973. The van der Waals surface area contributed by atoms with Crippen molar-refractivity contribution in [2.24, 2.45) is 0 Å². The molecule has 0 aliphatic heterocycles. The van der Waals surface area contributed by atoms with E-state index in [1.807, 2.05) is 6.08 Å². The molecule has 0 saturated carbocycles. The Morgan fingerprint density at radius 3 is 2.73 bits per heavy atom. The third-order valence-electron chi connectivity index (χ3n) is 2.75. The number of allylic oxidation sites excluding steroid dienone is 5. The van der Waals surface area contributed by atoms with Crippen molar-refractivity contribution in [3.05, 3.63) is 66.3 Å². The highest BCUT2D eigenvalue weighted by atomic mass is 14.1. The summed E-state index contributed by atoms with van der Waals surface area (Å²) in [6.07, 6.45) is 9.77. The van der Waals surface area contributed by atoms with Gasteiger partial charge in [0.05, 0.1) is 0 Å². The maximum absolute atomic E-state index is 3.81. The van der Waals surface area contributed by atoms with E-state index in [0.29, 0.717) is 0 Å². The molecule has 0 bridgehead atoms. The molecule has 1 aliphatic carbocycles. The molecule has 2 rings (SSSR count). The van der Waals surface area contributed by atoms with Gasteiger partial charge in [-0.05, 0) is 36.0 Å². The maximum Gasteiger partial charge on any atom is -0.00973 e. The zero-order valence-electron chi connectivity index (χ0n) is 8.95. The molecule has 15 heavy (non-hydrogen) atoms. The molecule has 0 amide bonds. The number of hydrogen-bond donors (Lipinski definition) is 0. The van der Waals surface area contributed by atoms with Gasteiger partial charge in [-0.3, -0.25) is 0 Å². The van der Waals surface area contributed by atoms with Crippen molar-refractivity contribution >= 4 is 5.57 Å². The van der Waals surface area contributed by atoms with Gasteiger partial charge < -0.3 is 0 Å². The van der Waals surface area contributed by atoms with Gasteiger partial charge >= 0.3 is 0 Å². The molecular formula is C15H16. The number of rotatable bonds is 3. The predicted octanol–water partition coefficient (Wildman–Crippen LogP) is 4.37. The van der Waals surface area contributed by atoms with Crippen LogP contribution in [0.25, 0.3) is 5.57 Å². The Balaban J connectivity index is 2.39. The lowest BCUT2D eigenvalue weighted by molar-refractivity contribution is 1.02. The van der Waals surface area contributed by atoms with E-state index in [4.69, 9.17) is 0 Å². The normalized spacial score (nSPS) is 15.5. The molecule has 0 fully saturated rings. The summed E-state index contributed by atoms with van der Waals surface area (Å²) >= 11 is 0. The zero-order chi connectivity index (χ0) is 10.5. The third kappa shape index (κ3) is 2.27. The summed E-state index contributed by atoms with van der Waals surface area (Å²) in [7, 11) is 0. The van der Waals surface area contributed by atoms with Crippen LogP contribution in [0.1, 0.15) is 24.8 Å². The minimum absolute atomic E-state index is 0.973. The first kappa shape index (κ1) is 9.97. The largest absolute Gasteiger partial charge is 0.103 e. The quantitative estimate of drug-likeness (QED) is 0.630. The van der Waals surface area contributed by atoms with Crippen LogP contribution in [0.5, 0.6) is 0 Å². The van der Waals surface area contributed by atoms with Crippen LogP contribution in [-0.2, 0) is 0 Å². The van der Waals surface area contributed by atoms with E-state index < -0.39 is 0 Å². The molecule has 1 aromatic carbocycles. The molecule has 0 radical (unpaired) electrons. The van der Waals surface area contributed by atoms with Crippen LogP contribution >= 0.6 is 0 Å². The summed E-state index contributed by atoms with van der Waals surface area (Å²) in [6, 6.07) is 10.7. The Labute approximate surface area is 91.6 Å². The number of hydrogen-bond acceptors (Lipinski definition) is 0. The summed E-state index contributed by atoms with van der Waals surface area (Å²) in [5, 5.41) is 0. The highest BCUT2D eigenvalue weighted by Crippen LogP contribution is 2.29. The van der Waals surface area contributed by atoms with Gasteiger partial charge in [0.15, 0.2) is 0 Å². The topological polar surface area (TPSA) is 0 Å². The van der Waals surface area contributed by atoms with Crippen LogP contribution in [-0.4, -0.2) is 0 Å². The molecule has 0 atom stereocenters. The Bertz CT molecular complexity index is 393. The molecule has 1 aliphatic rings. The lowest BCUT2D eigenvalue weighted by Crippen LogP contribution is -1.94. The molecule has 0 spiro atoms. The second-order valence-corrected chi connectivity index (χ2v) is 3.80. The van der Waals surface area contributed by atoms with Crippen molar-refractivity contribution in [1.29, 1.82) is 0 Å². The Kier molecular flexibility index (Phi) is 3.18. The second kappa shape index (κ2) is 4.79. The number of benzene rings is 1. The summed E-state index contributed by atoms with van der Waals surface area (Å²) in [4.78, 5) is 0. The Morgan fingerprint density at radius 1 is 1.20 bits per heavy atom. The lowest BCUT2D eigenvalue weighted by Gasteiger charge is -2.15. The fraction of sp³-hybridized carbons (Fsp3) is 0.200. The van der Waals surface area contributed by atoms with E-state index in [9.17, 15) is 0 Å². The van der Waals surface area contributed by atoms with Crippen LogP contribution in [0.15, 0.2) is 60.7 Å². The first-order valence-corrected chi connectivity index (χ1v) is 5.46. The molecule has 0 heteroatoms. The van der Waals surface area contributed by atoms with Crippen LogP contribution in [0, 0.1) is 0 Å². The van der Waals surface area contributed by atoms with Crippen molar-refractivity contribution in [2.45, 2.75) is 19.3 Å². The second-order valence-electron chi connectivity index (χ2n) is 3.80. The highest BCUT2D eigenvalue weighted by molar-refractivity contribution is 5.72. The van der Waals surface area contributed by atoms with E-state index in [1.165, 1.54) is 16.7 Å². The van der Waals surface area contributed by atoms with Crippen molar-refractivity contribution in [3.8, 4) is 0 Å². The molecule has 0 N–H and O–H groups in total. The molecule has 0 heterocycles. The van der Waals surface area contributed by atoms with E-state index in [2.05, 4.69) is 49.1 Å². The Morgan fingerprint density at radius 2 is 2.00 bits per heavy atom. The van der Waals surface area contributed by atoms with E-state index in [1.54, 1.807) is 0 Å². The summed E-state index contributed by atoms with van der Waals surface area (Å²) in [5.41, 5.74) is 4.26. The molecule has 1 aromatic rings. The maximum atomic E-state index is 3.81. The van der Waals surface area contributed by atoms with Crippen molar-refractivity contribution < 1.29 is 0 Å². The fourth-order valence-corrected chi connectivity index (χ4v) is 2.03. The van der Waals surface area contributed by atoms with Gasteiger partial charge in [0, 0.05) is 0 Å². The summed E-state index contributed by atoms with van der Waals surface area (Å²) in [5.74, 6) is 0. The van der Waals surface area contributed by atoms with Crippen molar-refractivity contribution in [2.75, 3.05) is 0 Å². The van der Waals surface area contributed by atoms with Gasteiger partial charge in [-0.15, -0.1) is 6.58 Å². The summed E-state index contributed by atoms with van der Waals surface area (Å²) < 4.78 is 0. The van der Waals surface area contributed by atoms with Gasteiger partial charge in [-0.1, -0.05) is 48.6 Å². The fourth-order valence-electron chi connectivity index (χ4n) is 2.03. The van der Waals surface area contributed by atoms with Crippen molar-refractivity contribution in [1.82, 2.24) is 0 Å². The van der Waals surface area contributed by atoms with E-state index in [0.717, 1.165) is 19.3 Å². The first-order valence-electron chi connectivity index (χ1n) is 5.46. The van der Waals surface area contributed by atoms with Gasteiger partial charge in [-0.2, -0.15) is 0 Å². The van der Waals surface area contributed by atoms with Gasteiger partial charge in [0.25, 0.3) is 0 Å². The highest BCUT2D eigenvalue weighted by Gasteiger charge is 2.08.